The molecule has 1 N–H and O–H groups in total. The number of aryl methyl sites for hydroxylation is 1. The number of hydrogen-bond acceptors (Lipinski definition) is 2. The summed E-state index contributed by atoms with van der Waals surface area (Å²) in [7, 11) is 0. The van der Waals surface area contributed by atoms with Gasteiger partial charge in [-0.2, -0.15) is 5.10 Å². The fourth-order valence-electron chi connectivity index (χ4n) is 2.10. The lowest BCUT2D eigenvalue weighted by atomic mass is 10.1. The Morgan fingerprint density at radius 1 is 1.29 bits per heavy atom. The first-order chi connectivity index (χ1) is 9.69. The maximum absolute atomic E-state index is 6.18. The SMILES string of the molecule is Cc1nn(-c2cc(Cl)ccc2CNC(C)(C)C)c(C)c1Br. The second-order valence-corrected chi connectivity index (χ2v) is 7.50. The van der Waals surface area contributed by atoms with Crippen LogP contribution in [-0.4, -0.2) is 15.3 Å². The topological polar surface area (TPSA) is 29.9 Å². The molecule has 0 aliphatic rings. The summed E-state index contributed by atoms with van der Waals surface area (Å²) in [5.74, 6) is 0. The van der Waals surface area contributed by atoms with Crippen LogP contribution in [0.3, 0.4) is 0 Å². The van der Waals surface area contributed by atoms with Crippen molar-refractivity contribution in [1.82, 2.24) is 15.1 Å². The Labute approximate surface area is 139 Å². The molecule has 0 spiro atoms. The Bertz CT molecular complexity index is 656. The fourth-order valence-corrected chi connectivity index (χ4v) is 2.52. The van der Waals surface area contributed by atoms with Gasteiger partial charge in [0.2, 0.25) is 0 Å². The van der Waals surface area contributed by atoms with Crippen LogP contribution < -0.4 is 5.32 Å². The van der Waals surface area contributed by atoms with Gasteiger partial charge >= 0.3 is 0 Å². The minimum atomic E-state index is 0.0621. The van der Waals surface area contributed by atoms with E-state index >= 15 is 0 Å². The number of hydrogen-bond donors (Lipinski definition) is 1. The second-order valence-electron chi connectivity index (χ2n) is 6.27. The monoisotopic (exact) mass is 369 g/mol. The highest BCUT2D eigenvalue weighted by Gasteiger charge is 2.15. The maximum atomic E-state index is 6.18. The van der Waals surface area contributed by atoms with Crippen LogP contribution in [0.1, 0.15) is 37.7 Å². The Kier molecular flexibility index (Phi) is 4.81. The van der Waals surface area contributed by atoms with Crippen molar-refractivity contribution in [3.05, 3.63) is 44.6 Å². The van der Waals surface area contributed by atoms with Crippen molar-refractivity contribution in [3.63, 3.8) is 0 Å². The van der Waals surface area contributed by atoms with E-state index in [1.54, 1.807) is 0 Å². The summed E-state index contributed by atoms with van der Waals surface area (Å²) in [4.78, 5) is 0. The molecule has 2 aromatic rings. The third-order valence-corrected chi connectivity index (χ3v) is 4.67. The molecule has 0 aliphatic carbocycles. The molecule has 3 nitrogen and oxygen atoms in total. The molecule has 0 radical (unpaired) electrons. The number of aromatic nitrogens is 2. The van der Waals surface area contributed by atoms with E-state index < -0.39 is 0 Å². The second kappa shape index (κ2) is 6.11. The first-order valence-corrected chi connectivity index (χ1v) is 8.11. The summed E-state index contributed by atoms with van der Waals surface area (Å²) in [5.41, 5.74) is 4.30. The van der Waals surface area contributed by atoms with Gasteiger partial charge in [0.1, 0.15) is 0 Å². The lowest BCUT2D eigenvalue weighted by Gasteiger charge is -2.22. The molecule has 0 saturated carbocycles. The molecule has 0 fully saturated rings. The Hall–Kier alpha value is -0.840. The van der Waals surface area contributed by atoms with Crippen LogP contribution in [0.4, 0.5) is 0 Å². The first-order valence-electron chi connectivity index (χ1n) is 6.94. The van der Waals surface area contributed by atoms with Gasteiger partial charge in [-0.05, 0) is 68.2 Å². The normalized spacial score (nSPS) is 12.0. The zero-order valence-corrected chi connectivity index (χ0v) is 15.4. The molecule has 0 aliphatic heterocycles. The highest BCUT2D eigenvalue weighted by Crippen LogP contribution is 2.27. The number of nitrogens with zero attached hydrogens (tertiary/aromatic N) is 2. The van der Waals surface area contributed by atoms with E-state index in [-0.39, 0.29) is 5.54 Å². The van der Waals surface area contributed by atoms with E-state index in [1.165, 1.54) is 5.56 Å². The minimum Gasteiger partial charge on any atom is -0.308 e. The van der Waals surface area contributed by atoms with Gasteiger partial charge in [0.15, 0.2) is 0 Å². The van der Waals surface area contributed by atoms with E-state index in [2.05, 4.69) is 53.2 Å². The number of nitrogens with one attached hydrogen (secondary N) is 1. The van der Waals surface area contributed by atoms with Crippen molar-refractivity contribution in [2.45, 2.75) is 46.7 Å². The molecule has 1 aromatic heterocycles. The van der Waals surface area contributed by atoms with Crippen LogP contribution >= 0.6 is 27.5 Å². The van der Waals surface area contributed by atoms with Crippen LogP contribution in [0, 0.1) is 13.8 Å². The molecule has 0 saturated heterocycles. The maximum Gasteiger partial charge on any atom is 0.0743 e. The van der Waals surface area contributed by atoms with Gasteiger partial charge in [0, 0.05) is 17.1 Å². The molecule has 5 heteroatoms. The van der Waals surface area contributed by atoms with Crippen LogP contribution in [0.2, 0.25) is 5.02 Å². The van der Waals surface area contributed by atoms with Crippen molar-refractivity contribution in [1.29, 1.82) is 0 Å². The Morgan fingerprint density at radius 3 is 2.48 bits per heavy atom. The highest BCUT2D eigenvalue weighted by atomic mass is 79.9. The molecular weight excluding hydrogens is 350 g/mol. The molecule has 0 bridgehead atoms. The quantitative estimate of drug-likeness (QED) is 0.841. The molecule has 2 rings (SSSR count). The van der Waals surface area contributed by atoms with Gasteiger partial charge in [-0.25, -0.2) is 4.68 Å². The molecule has 1 heterocycles. The zero-order chi connectivity index (χ0) is 15.8. The highest BCUT2D eigenvalue weighted by molar-refractivity contribution is 9.10. The molecule has 1 aromatic carbocycles. The van der Waals surface area contributed by atoms with E-state index in [9.17, 15) is 0 Å². The van der Waals surface area contributed by atoms with Gasteiger partial charge in [-0.1, -0.05) is 17.7 Å². The molecule has 0 amide bonds. The molecule has 21 heavy (non-hydrogen) atoms. The smallest absolute Gasteiger partial charge is 0.0743 e. The van der Waals surface area contributed by atoms with E-state index in [4.69, 9.17) is 11.6 Å². The summed E-state index contributed by atoms with van der Waals surface area (Å²) >= 11 is 9.76. The van der Waals surface area contributed by atoms with Crippen LogP contribution in [0.15, 0.2) is 22.7 Å². The minimum absolute atomic E-state index is 0.0621. The summed E-state index contributed by atoms with van der Waals surface area (Å²) in [6.45, 7) is 11.3. The summed E-state index contributed by atoms with van der Waals surface area (Å²) < 4.78 is 2.99. The average Bonchev–Trinajstić information content (AvgIpc) is 2.64. The van der Waals surface area contributed by atoms with Crippen molar-refractivity contribution in [2.24, 2.45) is 0 Å². The van der Waals surface area contributed by atoms with E-state index in [0.717, 1.165) is 28.1 Å². The van der Waals surface area contributed by atoms with Crippen molar-refractivity contribution in [3.8, 4) is 5.69 Å². The van der Waals surface area contributed by atoms with Crippen LogP contribution in [-0.2, 0) is 6.54 Å². The van der Waals surface area contributed by atoms with Crippen LogP contribution in [0.5, 0.6) is 0 Å². The van der Waals surface area contributed by atoms with Crippen molar-refractivity contribution < 1.29 is 0 Å². The predicted molar refractivity (Wildman–Crippen MR) is 92.3 cm³/mol. The zero-order valence-electron chi connectivity index (χ0n) is 13.1. The molecule has 114 valence electrons. The van der Waals surface area contributed by atoms with Crippen molar-refractivity contribution in [2.75, 3.05) is 0 Å². The largest absolute Gasteiger partial charge is 0.308 e. The number of benzene rings is 1. The van der Waals surface area contributed by atoms with Crippen LogP contribution in [0.25, 0.3) is 5.69 Å². The van der Waals surface area contributed by atoms with E-state index in [1.807, 2.05) is 30.7 Å². The van der Waals surface area contributed by atoms with Gasteiger partial charge in [0.25, 0.3) is 0 Å². The number of halogens is 2. The molecular formula is C16H21BrClN3. The van der Waals surface area contributed by atoms with Gasteiger partial charge in [0.05, 0.1) is 21.5 Å². The van der Waals surface area contributed by atoms with Gasteiger partial charge in [-0.15, -0.1) is 0 Å². The van der Waals surface area contributed by atoms with Crippen molar-refractivity contribution >= 4 is 27.5 Å². The van der Waals surface area contributed by atoms with E-state index in [0.29, 0.717) is 5.02 Å². The summed E-state index contributed by atoms with van der Waals surface area (Å²) in [6, 6.07) is 5.94. The summed E-state index contributed by atoms with van der Waals surface area (Å²) in [6.07, 6.45) is 0. The molecule has 0 atom stereocenters. The molecule has 0 unspecified atom stereocenters. The first kappa shape index (κ1) is 16.5. The Morgan fingerprint density at radius 2 is 1.95 bits per heavy atom. The standard InChI is InChI=1S/C16H21BrClN3/c1-10-15(17)11(2)21(20-10)14-8-13(18)7-6-12(14)9-19-16(3,4)5/h6-8,19H,9H2,1-5H3. The lowest BCUT2D eigenvalue weighted by molar-refractivity contribution is 0.424. The van der Waals surface area contributed by atoms with Gasteiger partial charge < -0.3 is 5.32 Å². The average molecular weight is 371 g/mol. The van der Waals surface area contributed by atoms with Gasteiger partial charge in [-0.3, -0.25) is 0 Å². The Balaban J connectivity index is 2.46. The fraction of sp³-hybridized carbons (Fsp3) is 0.438. The number of rotatable bonds is 3. The summed E-state index contributed by atoms with van der Waals surface area (Å²) in [5, 5.41) is 8.84. The third-order valence-electron chi connectivity index (χ3n) is 3.29. The third kappa shape index (κ3) is 3.87. The lowest BCUT2D eigenvalue weighted by Crippen LogP contribution is -2.35. The predicted octanol–water partition coefficient (Wildman–Crippen LogP) is 4.79.